The normalized spacial score (nSPS) is 16.6. The van der Waals surface area contributed by atoms with Crippen LogP contribution >= 0.6 is 0 Å². The number of hydrogen-bond acceptors (Lipinski definition) is 4. The number of carbonyl (C=O) groups is 2. The van der Waals surface area contributed by atoms with E-state index in [-0.39, 0.29) is 17.6 Å². The van der Waals surface area contributed by atoms with Gasteiger partial charge in [-0.2, -0.15) is 0 Å². The van der Waals surface area contributed by atoms with Crippen LogP contribution < -0.4 is 5.32 Å². The van der Waals surface area contributed by atoms with Gasteiger partial charge in [0.15, 0.2) is 6.10 Å². The molecule has 3 N–H and O–H groups in total. The minimum Gasteiger partial charge on any atom is -0.508 e. The van der Waals surface area contributed by atoms with E-state index in [1.165, 1.54) is 6.92 Å². The molecule has 0 saturated heterocycles. The summed E-state index contributed by atoms with van der Waals surface area (Å²) < 4.78 is 5.67. The van der Waals surface area contributed by atoms with Crippen LogP contribution in [0.5, 0.6) is 0 Å². The largest absolute Gasteiger partial charge is 0.508 e. The molecule has 0 bridgehead atoms. The van der Waals surface area contributed by atoms with Crippen molar-refractivity contribution in [2.45, 2.75) is 58.0 Å². The molecule has 2 aromatic carbocycles. The first-order chi connectivity index (χ1) is 16.5. The number of cyclic esters (lactones) is 1. The molecule has 0 saturated carbocycles. The Hall–Kier alpha value is -3.54. The number of aromatic nitrogens is 1. The lowest BCUT2D eigenvalue weighted by atomic mass is 9.86. The number of aliphatic hydroxyl groups is 1. The minimum absolute atomic E-state index is 0.0291. The van der Waals surface area contributed by atoms with Crippen LogP contribution in [-0.4, -0.2) is 34.6 Å². The first-order valence-corrected chi connectivity index (χ1v) is 12.0. The molecule has 0 spiro atoms. The van der Waals surface area contributed by atoms with Crippen molar-refractivity contribution in [2.24, 2.45) is 0 Å². The second kappa shape index (κ2) is 10.6. The summed E-state index contributed by atoms with van der Waals surface area (Å²) in [4.78, 5) is 28.1. The van der Waals surface area contributed by atoms with E-state index < -0.39 is 12.1 Å². The van der Waals surface area contributed by atoms with Gasteiger partial charge in [-0.25, -0.2) is 4.79 Å². The third-order valence-corrected chi connectivity index (χ3v) is 6.45. The zero-order valence-electron chi connectivity index (χ0n) is 19.8. The summed E-state index contributed by atoms with van der Waals surface area (Å²) >= 11 is 0. The molecule has 2 atom stereocenters. The second-order valence-corrected chi connectivity index (χ2v) is 8.87. The number of amides is 1. The molecule has 6 nitrogen and oxygen atoms in total. The molecule has 1 amide bonds. The summed E-state index contributed by atoms with van der Waals surface area (Å²) in [5.74, 6) is -0.812. The van der Waals surface area contributed by atoms with E-state index in [4.69, 9.17) is 4.74 Å². The fourth-order valence-electron chi connectivity index (χ4n) is 4.81. The van der Waals surface area contributed by atoms with Gasteiger partial charge in [0.25, 0.3) is 0 Å². The van der Waals surface area contributed by atoms with Gasteiger partial charge in [0.05, 0.1) is 5.57 Å². The van der Waals surface area contributed by atoms with Gasteiger partial charge in [0, 0.05) is 42.4 Å². The molecule has 34 heavy (non-hydrogen) atoms. The fourth-order valence-corrected chi connectivity index (χ4v) is 4.81. The highest BCUT2D eigenvalue weighted by Gasteiger charge is 2.40. The number of aliphatic hydroxyl groups excluding tert-OH is 1. The van der Waals surface area contributed by atoms with Crippen LogP contribution in [0.15, 0.2) is 65.9 Å². The molecular weight excluding hydrogens is 428 g/mol. The van der Waals surface area contributed by atoms with Crippen molar-refractivity contribution in [1.29, 1.82) is 0 Å². The molecule has 1 aliphatic heterocycles. The number of aromatic amines is 1. The monoisotopic (exact) mass is 460 g/mol. The third-order valence-electron chi connectivity index (χ3n) is 6.45. The van der Waals surface area contributed by atoms with E-state index in [9.17, 15) is 14.7 Å². The molecule has 2 heterocycles. The van der Waals surface area contributed by atoms with Crippen molar-refractivity contribution in [1.82, 2.24) is 10.3 Å². The number of ether oxygens (including phenoxy) is 1. The van der Waals surface area contributed by atoms with Crippen LogP contribution in [0.2, 0.25) is 0 Å². The molecule has 3 aromatic rings. The van der Waals surface area contributed by atoms with E-state index in [0.29, 0.717) is 31.4 Å². The van der Waals surface area contributed by atoms with Gasteiger partial charge < -0.3 is 20.1 Å². The molecule has 1 aliphatic rings. The van der Waals surface area contributed by atoms with Gasteiger partial charge in [0.1, 0.15) is 5.76 Å². The highest BCUT2D eigenvalue weighted by Crippen LogP contribution is 2.40. The van der Waals surface area contributed by atoms with Crippen molar-refractivity contribution in [3.63, 3.8) is 0 Å². The predicted molar refractivity (Wildman–Crippen MR) is 133 cm³/mol. The summed E-state index contributed by atoms with van der Waals surface area (Å²) in [6.45, 7) is 4.11. The van der Waals surface area contributed by atoms with E-state index in [0.717, 1.165) is 40.6 Å². The summed E-state index contributed by atoms with van der Waals surface area (Å²) in [5.41, 5.74) is 4.30. The van der Waals surface area contributed by atoms with Crippen molar-refractivity contribution in [3.05, 3.63) is 82.8 Å². The van der Waals surface area contributed by atoms with E-state index in [2.05, 4.69) is 23.3 Å². The van der Waals surface area contributed by atoms with Gasteiger partial charge in [-0.15, -0.1) is 0 Å². The number of rotatable bonds is 10. The number of nitrogens with one attached hydrogen (secondary N) is 2. The Labute approximate surface area is 200 Å². The van der Waals surface area contributed by atoms with Gasteiger partial charge in [-0.3, -0.25) is 4.79 Å². The fraction of sp³-hybridized carbons (Fsp3) is 0.357. The number of esters is 1. The SMILES string of the molecule is CCCCC(C1=C(O)C(Cc2ccccc2)OC1=O)c1[nH]c2ccccc2c1CCNC(C)=O. The number of H-pyrrole nitrogens is 1. The summed E-state index contributed by atoms with van der Waals surface area (Å²) in [6.07, 6.45) is 2.96. The molecule has 178 valence electrons. The average molecular weight is 461 g/mol. The minimum atomic E-state index is -0.679. The Morgan fingerprint density at radius 3 is 2.62 bits per heavy atom. The van der Waals surface area contributed by atoms with E-state index in [1.807, 2.05) is 48.5 Å². The van der Waals surface area contributed by atoms with Gasteiger partial charge in [-0.05, 0) is 30.0 Å². The number of unbranched alkanes of at least 4 members (excludes halogenated alkanes) is 1. The predicted octanol–water partition coefficient (Wildman–Crippen LogP) is 5.10. The lowest BCUT2D eigenvalue weighted by Gasteiger charge is -2.18. The first-order valence-electron chi connectivity index (χ1n) is 12.0. The number of para-hydroxylation sites is 1. The smallest absolute Gasteiger partial charge is 0.338 e. The molecule has 6 heteroatoms. The molecule has 2 unspecified atom stereocenters. The second-order valence-electron chi connectivity index (χ2n) is 8.87. The first kappa shape index (κ1) is 23.6. The van der Waals surface area contributed by atoms with E-state index in [1.54, 1.807) is 0 Å². The molecule has 1 aromatic heterocycles. The van der Waals surface area contributed by atoms with Gasteiger partial charge >= 0.3 is 5.97 Å². The Balaban J connectivity index is 1.74. The quantitative estimate of drug-likeness (QED) is 0.367. The van der Waals surface area contributed by atoms with Crippen molar-refractivity contribution < 1.29 is 19.4 Å². The maximum atomic E-state index is 13.1. The number of fused-ring (bicyclic) bond motifs is 1. The third kappa shape index (κ3) is 5.01. The molecule has 4 rings (SSSR count). The van der Waals surface area contributed by atoms with Gasteiger partial charge in [-0.1, -0.05) is 68.3 Å². The molecule has 0 radical (unpaired) electrons. The summed E-state index contributed by atoms with van der Waals surface area (Å²) in [6, 6.07) is 17.7. The van der Waals surface area contributed by atoms with Crippen LogP contribution in [-0.2, 0) is 27.2 Å². The highest BCUT2D eigenvalue weighted by atomic mass is 16.6. The zero-order chi connectivity index (χ0) is 24.1. The van der Waals surface area contributed by atoms with Gasteiger partial charge in [0.2, 0.25) is 5.91 Å². The van der Waals surface area contributed by atoms with E-state index >= 15 is 0 Å². The molecular formula is C28H32N2O4. The highest BCUT2D eigenvalue weighted by molar-refractivity contribution is 5.94. The average Bonchev–Trinajstić information content (AvgIpc) is 3.32. The summed E-state index contributed by atoms with van der Waals surface area (Å²) in [7, 11) is 0. The van der Waals surface area contributed by atoms with Crippen LogP contribution in [0.4, 0.5) is 0 Å². The Bertz CT molecular complexity index is 1200. The Morgan fingerprint density at radius 1 is 1.15 bits per heavy atom. The number of benzene rings is 2. The van der Waals surface area contributed by atoms with Crippen molar-refractivity contribution >= 4 is 22.8 Å². The maximum Gasteiger partial charge on any atom is 0.338 e. The zero-order valence-corrected chi connectivity index (χ0v) is 19.8. The number of carbonyl (C=O) groups excluding carboxylic acids is 2. The van der Waals surface area contributed by atoms with Crippen LogP contribution in [0.25, 0.3) is 10.9 Å². The Kier molecular flexibility index (Phi) is 7.36. The topological polar surface area (TPSA) is 91.4 Å². The number of hydrogen-bond donors (Lipinski definition) is 3. The lowest BCUT2D eigenvalue weighted by Crippen LogP contribution is -2.23. The standard InChI is InChI=1S/C28H32N2O4/c1-3-4-12-22(25-27(32)24(34-28(25)33)17-19-10-6-5-7-11-19)26-21(15-16-29-18(2)31)20-13-8-9-14-23(20)30-26/h5-11,13-14,22,24,30,32H,3-4,12,15-17H2,1-2H3,(H,29,31). The maximum absolute atomic E-state index is 13.1. The summed E-state index contributed by atoms with van der Waals surface area (Å²) in [5, 5.41) is 15.1. The van der Waals surface area contributed by atoms with Crippen LogP contribution in [0.1, 0.15) is 55.8 Å². The lowest BCUT2D eigenvalue weighted by molar-refractivity contribution is -0.140. The van der Waals surface area contributed by atoms with Crippen LogP contribution in [0, 0.1) is 0 Å². The van der Waals surface area contributed by atoms with Crippen LogP contribution in [0.3, 0.4) is 0 Å². The van der Waals surface area contributed by atoms with Crippen molar-refractivity contribution in [2.75, 3.05) is 6.54 Å². The van der Waals surface area contributed by atoms with Crippen molar-refractivity contribution in [3.8, 4) is 0 Å². The molecule has 0 fully saturated rings. The molecule has 0 aliphatic carbocycles. The Morgan fingerprint density at radius 2 is 1.88 bits per heavy atom.